The maximum Gasteiger partial charge on any atom is 0.328 e. The number of carbonyl (C=O) groups is 5. The van der Waals surface area contributed by atoms with Gasteiger partial charge in [-0.25, -0.2) is 4.79 Å². The van der Waals surface area contributed by atoms with E-state index in [-0.39, 0.29) is 11.7 Å². The molecule has 29 heavy (non-hydrogen) atoms. The quantitative estimate of drug-likeness (QED) is 0.141. The molecule has 0 aliphatic carbocycles. The van der Waals surface area contributed by atoms with Gasteiger partial charge >= 0.3 is 11.9 Å². The summed E-state index contributed by atoms with van der Waals surface area (Å²) in [5, 5.41) is 33.2. The number of thiol groups is 1. The molecule has 0 heterocycles. The fourth-order valence-corrected chi connectivity index (χ4v) is 2.46. The van der Waals surface area contributed by atoms with Gasteiger partial charge in [0.15, 0.2) is 0 Å². The number of carboxylic acid groups (broad SMARTS) is 2. The zero-order valence-corrected chi connectivity index (χ0v) is 17.0. The number of nitrogens with two attached hydrogens (primary N) is 1. The van der Waals surface area contributed by atoms with E-state index in [1.54, 1.807) is 0 Å². The highest BCUT2D eigenvalue weighted by Crippen LogP contribution is 2.04. The van der Waals surface area contributed by atoms with Gasteiger partial charge in [0.25, 0.3) is 0 Å². The Hall–Kier alpha value is -2.38. The molecule has 0 saturated heterocycles. The predicted molar refractivity (Wildman–Crippen MR) is 104 cm³/mol. The Morgan fingerprint density at radius 3 is 1.79 bits per heavy atom. The summed E-state index contributed by atoms with van der Waals surface area (Å²) in [6.45, 7) is 2.79. The van der Waals surface area contributed by atoms with Crippen molar-refractivity contribution in [3.05, 3.63) is 0 Å². The van der Waals surface area contributed by atoms with Gasteiger partial charge in [-0.1, -0.05) is 13.8 Å². The average Bonchev–Trinajstić information content (AvgIpc) is 2.61. The van der Waals surface area contributed by atoms with E-state index in [1.807, 2.05) is 19.2 Å². The number of aliphatic hydroxyl groups excluding tert-OH is 1. The summed E-state index contributed by atoms with van der Waals surface area (Å²) in [7, 11) is 0. The summed E-state index contributed by atoms with van der Waals surface area (Å²) in [6, 6.07) is -5.40. The first-order chi connectivity index (χ1) is 13.4. The smallest absolute Gasteiger partial charge is 0.328 e. The van der Waals surface area contributed by atoms with Gasteiger partial charge in [-0.2, -0.15) is 12.6 Å². The van der Waals surface area contributed by atoms with E-state index in [9.17, 15) is 24.0 Å². The molecule has 0 radical (unpaired) electrons. The standard InChI is InChI=1S/C16H28N4O8S/c1-7(2)3-8(17)13(24)20-11(6-29)15(26)18-9(4-12(22)23)14(25)19-10(5-21)16(27)28/h7-11,21,29H,3-6,17H2,1-2H3,(H,18,26)(H,19,25)(H,20,24)(H,22,23)(H,27,28). The van der Waals surface area contributed by atoms with Gasteiger partial charge in [-0.3, -0.25) is 19.2 Å². The van der Waals surface area contributed by atoms with Crippen molar-refractivity contribution in [2.24, 2.45) is 11.7 Å². The summed E-state index contributed by atoms with van der Waals surface area (Å²) in [6.07, 6.45) is -0.482. The summed E-state index contributed by atoms with van der Waals surface area (Å²) in [5.74, 6) is -5.64. The zero-order chi connectivity index (χ0) is 22.7. The monoisotopic (exact) mass is 436 g/mol. The molecule has 0 aromatic carbocycles. The van der Waals surface area contributed by atoms with Crippen LogP contribution in [0.15, 0.2) is 0 Å². The van der Waals surface area contributed by atoms with E-state index >= 15 is 0 Å². The summed E-state index contributed by atoms with van der Waals surface area (Å²) < 4.78 is 0. The lowest BCUT2D eigenvalue weighted by Crippen LogP contribution is -2.58. The van der Waals surface area contributed by atoms with Crippen molar-refractivity contribution < 1.29 is 39.3 Å². The van der Waals surface area contributed by atoms with Crippen molar-refractivity contribution in [3.63, 3.8) is 0 Å². The second-order valence-electron chi connectivity index (χ2n) is 6.72. The molecule has 0 aliphatic heterocycles. The Balaban J connectivity index is 5.17. The first kappa shape index (κ1) is 26.6. The molecule has 8 N–H and O–H groups in total. The number of aliphatic carboxylic acids is 2. The minimum atomic E-state index is -1.68. The molecule has 4 unspecified atom stereocenters. The Bertz CT molecular complexity index is 616. The van der Waals surface area contributed by atoms with Gasteiger partial charge in [0, 0.05) is 5.75 Å². The molecule has 0 aromatic heterocycles. The van der Waals surface area contributed by atoms with Crippen LogP contribution >= 0.6 is 12.6 Å². The molecule has 0 fully saturated rings. The van der Waals surface area contributed by atoms with Crippen molar-refractivity contribution in [3.8, 4) is 0 Å². The Morgan fingerprint density at radius 1 is 0.897 bits per heavy atom. The molecule has 12 nitrogen and oxygen atoms in total. The number of hydrogen-bond donors (Lipinski definition) is 8. The van der Waals surface area contributed by atoms with Crippen LogP contribution in [-0.4, -0.2) is 81.5 Å². The lowest BCUT2D eigenvalue weighted by Gasteiger charge is -2.23. The molecule has 0 saturated carbocycles. The number of nitrogens with one attached hydrogen (secondary N) is 3. The highest BCUT2D eigenvalue weighted by molar-refractivity contribution is 7.80. The molecular formula is C16H28N4O8S. The zero-order valence-electron chi connectivity index (χ0n) is 16.1. The highest BCUT2D eigenvalue weighted by atomic mass is 32.1. The second kappa shape index (κ2) is 13.0. The summed E-state index contributed by atoms with van der Waals surface area (Å²) in [5.41, 5.74) is 5.75. The maximum absolute atomic E-state index is 12.4. The third-order valence-electron chi connectivity index (χ3n) is 3.69. The van der Waals surface area contributed by atoms with Crippen molar-refractivity contribution in [1.29, 1.82) is 0 Å². The fraction of sp³-hybridized carbons (Fsp3) is 0.688. The summed E-state index contributed by atoms with van der Waals surface area (Å²) in [4.78, 5) is 58.5. The topological polar surface area (TPSA) is 208 Å². The van der Waals surface area contributed by atoms with Crippen LogP contribution in [0, 0.1) is 5.92 Å². The van der Waals surface area contributed by atoms with Crippen molar-refractivity contribution in [1.82, 2.24) is 16.0 Å². The fourth-order valence-electron chi connectivity index (χ4n) is 2.20. The minimum Gasteiger partial charge on any atom is -0.481 e. The predicted octanol–water partition coefficient (Wildman–Crippen LogP) is -2.70. The van der Waals surface area contributed by atoms with Gasteiger partial charge in [0.1, 0.15) is 18.1 Å². The molecule has 13 heteroatoms. The van der Waals surface area contributed by atoms with Crippen LogP contribution in [0.1, 0.15) is 26.7 Å². The highest BCUT2D eigenvalue weighted by Gasteiger charge is 2.31. The number of aliphatic hydroxyl groups is 1. The summed E-state index contributed by atoms with van der Waals surface area (Å²) >= 11 is 3.97. The number of carbonyl (C=O) groups excluding carboxylic acids is 3. The van der Waals surface area contributed by atoms with Crippen molar-refractivity contribution in [2.45, 2.75) is 50.9 Å². The second-order valence-corrected chi connectivity index (χ2v) is 7.09. The molecule has 0 aromatic rings. The van der Waals surface area contributed by atoms with Gasteiger partial charge in [-0.15, -0.1) is 0 Å². The lowest BCUT2D eigenvalue weighted by molar-refractivity contribution is -0.144. The van der Waals surface area contributed by atoms with Gasteiger partial charge in [0.05, 0.1) is 19.1 Å². The van der Waals surface area contributed by atoms with E-state index in [1.165, 1.54) is 0 Å². The minimum absolute atomic E-state index is 0.136. The molecule has 166 valence electrons. The maximum atomic E-state index is 12.4. The van der Waals surface area contributed by atoms with Crippen LogP contribution in [0.2, 0.25) is 0 Å². The number of amides is 3. The van der Waals surface area contributed by atoms with Crippen LogP contribution in [-0.2, 0) is 24.0 Å². The van der Waals surface area contributed by atoms with Gasteiger partial charge in [0.2, 0.25) is 17.7 Å². The van der Waals surface area contributed by atoms with E-state index < -0.39 is 66.9 Å². The van der Waals surface area contributed by atoms with Gasteiger partial charge < -0.3 is 37.0 Å². The number of hydrogen-bond acceptors (Lipinski definition) is 8. The SMILES string of the molecule is CC(C)CC(N)C(=O)NC(CS)C(=O)NC(CC(=O)O)C(=O)NC(CO)C(=O)O. The van der Waals surface area contributed by atoms with Crippen LogP contribution < -0.4 is 21.7 Å². The largest absolute Gasteiger partial charge is 0.481 e. The van der Waals surface area contributed by atoms with Crippen molar-refractivity contribution >= 4 is 42.3 Å². The number of carboxylic acids is 2. The number of rotatable bonds is 13. The van der Waals surface area contributed by atoms with Gasteiger partial charge in [-0.05, 0) is 12.3 Å². The van der Waals surface area contributed by atoms with Crippen molar-refractivity contribution in [2.75, 3.05) is 12.4 Å². The van der Waals surface area contributed by atoms with Crippen LogP contribution in [0.25, 0.3) is 0 Å². The van der Waals surface area contributed by atoms with Crippen LogP contribution in [0.3, 0.4) is 0 Å². The molecular weight excluding hydrogens is 408 g/mol. The molecule has 0 aliphatic rings. The first-order valence-corrected chi connectivity index (χ1v) is 9.39. The third kappa shape index (κ3) is 10.1. The van der Waals surface area contributed by atoms with E-state index in [2.05, 4.69) is 23.3 Å². The van der Waals surface area contributed by atoms with E-state index in [0.29, 0.717) is 6.42 Å². The average molecular weight is 436 g/mol. The first-order valence-electron chi connectivity index (χ1n) is 8.75. The van der Waals surface area contributed by atoms with E-state index in [4.69, 9.17) is 21.1 Å². The normalized spacial score (nSPS) is 15.0. The van der Waals surface area contributed by atoms with Crippen LogP contribution in [0.5, 0.6) is 0 Å². The lowest BCUT2D eigenvalue weighted by atomic mass is 10.0. The van der Waals surface area contributed by atoms with E-state index in [0.717, 1.165) is 0 Å². The Morgan fingerprint density at radius 2 is 1.38 bits per heavy atom. The molecule has 3 amide bonds. The van der Waals surface area contributed by atoms with Crippen LogP contribution in [0.4, 0.5) is 0 Å². The Kier molecular flexibility index (Phi) is 11.9. The molecule has 0 bridgehead atoms. The Labute approximate surface area is 173 Å². The molecule has 0 spiro atoms. The molecule has 0 rings (SSSR count). The molecule has 4 atom stereocenters. The third-order valence-corrected chi connectivity index (χ3v) is 4.05.